The average molecular weight is 326 g/mol. The molecule has 0 aliphatic heterocycles. The van der Waals surface area contributed by atoms with Crippen molar-refractivity contribution in [3.8, 4) is 0 Å². The first-order valence-corrected chi connectivity index (χ1v) is 7.35. The van der Waals surface area contributed by atoms with Crippen molar-refractivity contribution in [2.24, 2.45) is 0 Å². The number of hydrogen-bond acceptors (Lipinski definition) is 4. The number of benzene rings is 2. The molecule has 0 aliphatic carbocycles. The van der Waals surface area contributed by atoms with E-state index in [2.05, 4.69) is 0 Å². The van der Waals surface area contributed by atoms with Crippen LogP contribution < -0.4 is 79.5 Å². The van der Waals surface area contributed by atoms with E-state index in [1.54, 1.807) is 60.7 Å². The maximum Gasteiger partial charge on any atom is 1.00 e. The van der Waals surface area contributed by atoms with Crippen molar-refractivity contribution in [3.63, 3.8) is 0 Å². The summed E-state index contributed by atoms with van der Waals surface area (Å²) in [6.45, 7) is 0. The monoisotopic (exact) mass is 326 g/mol. The molecule has 0 bridgehead atoms. The van der Waals surface area contributed by atoms with E-state index in [1.807, 2.05) is 0 Å². The molecule has 0 N–H and O–H groups in total. The van der Waals surface area contributed by atoms with Crippen LogP contribution in [-0.4, -0.2) is 0 Å². The molecule has 2 aromatic rings. The van der Waals surface area contributed by atoms with E-state index in [1.165, 1.54) is 0 Å². The fraction of sp³-hybridized carbons (Fsp3) is 0. The molecule has 0 heterocycles. The third kappa shape index (κ3) is 9.49. The van der Waals surface area contributed by atoms with Gasteiger partial charge in [0.2, 0.25) is 0 Å². The standard InChI is InChI=1S/2C6H5O2P.2Na/c2*7-9(8)6-4-2-1-3-5-6;;/h2*1-5H;;/q;;2*+1. The Morgan fingerprint density at radius 3 is 1.00 bits per heavy atom. The summed E-state index contributed by atoms with van der Waals surface area (Å²) in [5.41, 5.74) is 0. The minimum Gasteiger partial charge on any atom is -0.591 e. The minimum absolute atomic E-state index is 0. The summed E-state index contributed by atoms with van der Waals surface area (Å²) in [5.74, 6) is 0. The van der Waals surface area contributed by atoms with Crippen LogP contribution in [-0.2, 0) is 9.13 Å². The van der Waals surface area contributed by atoms with Gasteiger partial charge in [0, 0.05) is 0 Å². The van der Waals surface area contributed by atoms with Gasteiger partial charge in [-0.3, -0.25) is 0 Å². The predicted molar refractivity (Wildman–Crippen MR) is 67.4 cm³/mol. The average Bonchev–Trinajstić information content (AvgIpc) is 2.41. The van der Waals surface area contributed by atoms with Gasteiger partial charge in [0.15, 0.2) is 10.6 Å². The van der Waals surface area contributed by atoms with E-state index in [9.17, 15) is 18.9 Å². The van der Waals surface area contributed by atoms with Crippen molar-refractivity contribution in [3.05, 3.63) is 60.7 Å². The van der Waals surface area contributed by atoms with Crippen molar-refractivity contribution in [1.29, 1.82) is 0 Å². The summed E-state index contributed by atoms with van der Waals surface area (Å²) in [7, 11) is -4.79. The summed E-state index contributed by atoms with van der Waals surface area (Å²) in [5, 5.41) is 0.736. The van der Waals surface area contributed by atoms with E-state index in [0.717, 1.165) is 0 Å². The van der Waals surface area contributed by atoms with E-state index < -0.39 is 16.1 Å². The SMILES string of the molecule is O=[P+]([O-])c1ccccc1.O=[P+]([O-])c1ccccc1.[Na+].[Na+]. The van der Waals surface area contributed by atoms with Crippen LogP contribution in [0.5, 0.6) is 0 Å². The first-order chi connectivity index (χ1) is 8.61. The summed E-state index contributed by atoms with van der Waals surface area (Å²) in [4.78, 5) is 20.5. The molecule has 2 atom stereocenters. The molecule has 20 heavy (non-hydrogen) atoms. The normalized spacial score (nSPS) is 9.90. The van der Waals surface area contributed by atoms with Crippen molar-refractivity contribution in [1.82, 2.24) is 0 Å². The van der Waals surface area contributed by atoms with E-state index in [0.29, 0.717) is 10.6 Å². The van der Waals surface area contributed by atoms with Gasteiger partial charge >= 0.3 is 75.2 Å². The summed E-state index contributed by atoms with van der Waals surface area (Å²) in [6, 6.07) is 16.6. The molecule has 2 aromatic carbocycles. The zero-order chi connectivity index (χ0) is 13.4. The fourth-order valence-electron chi connectivity index (χ4n) is 1.10. The molecule has 2 unspecified atom stereocenters. The fourth-order valence-corrected chi connectivity index (χ4v) is 1.93. The Morgan fingerprint density at radius 1 is 0.600 bits per heavy atom. The molecule has 0 saturated heterocycles. The van der Waals surface area contributed by atoms with Crippen molar-refractivity contribution in [2.75, 3.05) is 0 Å². The predicted octanol–water partition coefficient (Wildman–Crippen LogP) is -5.16. The summed E-state index contributed by atoms with van der Waals surface area (Å²) >= 11 is 0. The van der Waals surface area contributed by atoms with Gasteiger partial charge in [-0.25, -0.2) is 0 Å². The number of rotatable bonds is 2. The van der Waals surface area contributed by atoms with Crippen LogP contribution in [0.3, 0.4) is 0 Å². The molecule has 0 saturated carbocycles. The van der Waals surface area contributed by atoms with Crippen LogP contribution in [0.2, 0.25) is 0 Å². The molecule has 0 amide bonds. The Labute approximate surface area is 163 Å². The molecule has 0 aromatic heterocycles. The Hall–Kier alpha value is 0.560. The van der Waals surface area contributed by atoms with E-state index in [-0.39, 0.29) is 59.1 Å². The Kier molecular flexibility index (Phi) is 15.1. The first-order valence-electron chi connectivity index (χ1n) is 5.00. The molecular weight excluding hydrogens is 316 g/mol. The molecule has 92 valence electrons. The smallest absolute Gasteiger partial charge is 0.591 e. The molecule has 8 heteroatoms. The Balaban J connectivity index is 0. The third-order valence-electron chi connectivity index (χ3n) is 1.93. The summed E-state index contributed by atoms with van der Waals surface area (Å²) in [6.07, 6.45) is 0. The van der Waals surface area contributed by atoms with Gasteiger partial charge in [-0.15, -0.1) is 0 Å². The first kappa shape index (κ1) is 22.8. The van der Waals surface area contributed by atoms with Gasteiger partial charge in [-0.05, 0) is 24.3 Å². The minimum atomic E-state index is -2.40. The van der Waals surface area contributed by atoms with Crippen molar-refractivity contribution >= 4 is 26.7 Å². The second kappa shape index (κ2) is 13.2. The van der Waals surface area contributed by atoms with E-state index >= 15 is 0 Å². The number of hydrogen-bond donors (Lipinski definition) is 0. The van der Waals surface area contributed by atoms with Gasteiger partial charge in [0.1, 0.15) is 0 Å². The maximum atomic E-state index is 10.2. The van der Waals surface area contributed by atoms with Crippen LogP contribution in [0.15, 0.2) is 60.7 Å². The second-order valence-corrected chi connectivity index (χ2v) is 5.25. The van der Waals surface area contributed by atoms with Crippen LogP contribution in [0.4, 0.5) is 0 Å². The van der Waals surface area contributed by atoms with Gasteiger partial charge in [0.25, 0.3) is 0 Å². The van der Waals surface area contributed by atoms with Gasteiger partial charge in [0.05, 0.1) is 0 Å². The van der Waals surface area contributed by atoms with Crippen LogP contribution >= 0.6 is 16.1 Å². The Morgan fingerprint density at radius 2 is 0.850 bits per heavy atom. The zero-order valence-electron chi connectivity index (χ0n) is 11.3. The molecule has 4 nitrogen and oxygen atoms in total. The van der Waals surface area contributed by atoms with Crippen LogP contribution in [0.25, 0.3) is 0 Å². The van der Waals surface area contributed by atoms with Gasteiger partial charge < -0.3 is 9.79 Å². The summed E-state index contributed by atoms with van der Waals surface area (Å²) < 4.78 is 20.5. The van der Waals surface area contributed by atoms with Crippen molar-refractivity contribution < 1.29 is 78.0 Å². The van der Waals surface area contributed by atoms with Gasteiger partial charge in [-0.2, -0.15) is 0 Å². The molecule has 2 rings (SSSR count). The largest absolute Gasteiger partial charge is 1.00 e. The Bertz CT molecular complexity index is 474. The third-order valence-corrected chi connectivity index (χ3v) is 3.37. The molecule has 0 spiro atoms. The second-order valence-electron chi connectivity index (χ2n) is 3.19. The molecule has 0 aliphatic rings. The molecule has 0 radical (unpaired) electrons. The van der Waals surface area contributed by atoms with E-state index in [4.69, 9.17) is 0 Å². The molecular formula is C12H10Na2O4P2+2. The zero-order valence-corrected chi connectivity index (χ0v) is 17.1. The van der Waals surface area contributed by atoms with Crippen molar-refractivity contribution in [2.45, 2.75) is 0 Å². The topological polar surface area (TPSA) is 80.3 Å². The van der Waals surface area contributed by atoms with Crippen LogP contribution in [0, 0.1) is 0 Å². The maximum absolute atomic E-state index is 10.2. The molecule has 0 fully saturated rings. The van der Waals surface area contributed by atoms with Crippen LogP contribution in [0.1, 0.15) is 0 Å². The van der Waals surface area contributed by atoms with Gasteiger partial charge in [-0.1, -0.05) is 45.5 Å². The quantitative estimate of drug-likeness (QED) is 0.408.